The average Bonchev–Trinajstić information content (AvgIpc) is 3.05. The van der Waals surface area contributed by atoms with Crippen molar-refractivity contribution >= 4 is 11.3 Å². The molecule has 2 aromatic rings. The summed E-state index contributed by atoms with van der Waals surface area (Å²) in [6.07, 6.45) is 2.08. The van der Waals surface area contributed by atoms with Crippen LogP contribution in [0.4, 0.5) is 0 Å². The predicted molar refractivity (Wildman–Crippen MR) is 88.9 cm³/mol. The Hall–Kier alpha value is -1.34. The van der Waals surface area contributed by atoms with Crippen LogP contribution in [-0.4, -0.2) is 53.8 Å². The first kappa shape index (κ1) is 15.6. The van der Waals surface area contributed by atoms with Gasteiger partial charge in [0.15, 0.2) is 0 Å². The Balaban J connectivity index is 1.47. The molecule has 3 rings (SSSR count). The number of likely N-dealkylation sites (N-methyl/N-ethyl adjacent to an activating group) is 1. The van der Waals surface area contributed by atoms with Crippen LogP contribution in [0.25, 0.3) is 10.7 Å². The third kappa shape index (κ3) is 4.10. The fourth-order valence-corrected chi connectivity index (χ4v) is 3.34. The van der Waals surface area contributed by atoms with E-state index in [2.05, 4.69) is 32.5 Å². The van der Waals surface area contributed by atoms with Crippen molar-refractivity contribution in [2.24, 2.45) is 0 Å². The van der Waals surface area contributed by atoms with Crippen LogP contribution in [0.1, 0.15) is 12.6 Å². The Morgan fingerprint density at radius 2 is 2.41 bits per heavy atom. The fourth-order valence-electron chi connectivity index (χ4n) is 2.55. The van der Waals surface area contributed by atoms with Crippen LogP contribution in [0, 0.1) is 0 Å². The van der Waals surface area contributed by atoms with Crippen molar-refractivity contribution in [2.45, 2.75) is 19.6 Å². The van der Waals surface area contributed by atoms with Crippen molar-refractivity contribution in [3.8, 4) is 10.7 Å². The number of ether oxygens (including phenoxy) is 1. The van der Waals surface area contributed by atoms with Crippen LogP contribution in [0.5, 0.6) is 0 Å². The van der Waals surface area contributed by atoms with E-state index in [1.165, 1.54) is 0 Å². The lowest BCUT2D eigenvalue weighted by Crippen LogP contribution is -2.46. The lowest BCUT2D eigenvalue weighted by Gasteiger charge is -2.32. The van der Waals surface area contributed by atoms with Gasteiger partial charge in [0.1, 0.15) is 5.01 Å². The molecular weight excluding hydrogens is 296 g/mol. The molecule has 0 amide bonds. The van der Waals surface area contributed by atoms with Crippen molar-refractivity contribution in [1.82, 2.24) is 20.2 Å². The summed E-state index contributed by atoms with van der Waals surface area (Å²) in [5, 5.41) is 6.52. The standard InChI is InChI=1S/C16H22N4OS/c1-2-20-7-8-21-14(11-20)10-17-9-13-12-22-16(19-13)15-5-3-4-6-18-15/h3-6,12,14,17H,2,7-11H2,1H3. The monoisotopic (exact) mass is 318 g/mol. The van der Waals surface area contributed by atoms with Gasteiger partial charge in [-0.25, -0.2) is 4.98 Å². The molecule has 2 aromatic heterocycles. The van der Waals surface area contributed by atoms with Crippen LogP contribution < -0.4 is 5.32 Å². The quantitative estimate of drug-likeness (QED) is 0.883. The summed E-state index contributed by atoms with van der Waals surface area (Å²) in [6, 6.07) is 5.90. The predicted octanol–water partition coefficient (Wildman–Crippen LogP) is 2.02. The molecule has 0 bridgehead atoms. The van der Waals surface area contributed by atoms with Gasteiger partial charge in [-0.15, -0.1) is 11.3 Å². The number of pyridine rings is 1. The number of thiazole rings is 1. The smallest absolute Gasteiger partial charge is 0.142 e. The Bertz CT molecular complexity index is 575. The minimum absolute atomic E-state index is 0.280. The highest BCUT2D eigenvalue weighted by atomic mass is 32.1. The summed E-state index contributed by atoms with van der Waals surface area (Å²) < 4.78 is 5.79. The van der Waals surface area contributed by atoms with E-state index in [1.54, 1.807) is 17.5 Å². The molecule has 0 spiro atoms. The van der Waals surface area contributed by atoms with Crippen LogP contribution >= 0.6 is 11.3 Å². The molecule has 1 atom stereocenters. The minimum atomic E-state index is 0.280. The zero-order chi connectivity index (χ0) is 15.2. The van der Waals surface area contributed by atoms with Crippen LogP contribution in [0.2, 0.25) is 0 Å². The molecule has 0 aromatic carbocycles. The SMILES string of the molecule is CCN1CCOC(CNCc2csc(-c3ccccn3)n2)C1. The average molecular weight is 318 g/mol. The molecule has 118 valence electrons. The van der Waals surface area contributed by atoms with Gasteiger partial charge in [0.2, 0.25) is 0 Å². The van der Waals surface area contributed by atoms with Gasteiger partial charge in [-0.3, -0.25) is 9.88 Å². The largest absolute Gasteiger partial charge is 0.374 e. The number of nitrogens with one attached hydrogen (secondary N) is 1. The van der Waals surface area contributed by atoms with E-state index in [0.29, 0.717) is 0 Å². The molecule has 0 aliphatic carbocycles. The molecule has 1 N–H and O–H groups in total. The summed E-state index contributed by atoms with van der Waals surface area (Å²) in [4.78, 5) is 11.4. The Morgan fingerprint density at radius 3 is 3.23 bits per heavy atom. The Morgan fingerprint density at radius 1 is 1.45 bits per heavy atom. The molecule has 1 unspecified atom stereocenters. The van der Waals surface area contributed by atoms with E-state index >= 15 is 0 Å². The fraction of sp³-hybridized carbons (Fsp3) is 0.500. The maximum absolute atomic E-state index is 5.79. The topological polar surface area (TPSA) is 50.3 Å². The van der Waals surface area contributed by atoms with Gasteiger partial charge in [0, 0.05) is 37.8 Å². The zero-order valence-corrected chi connectivity index (χ0v) is 13.7. The van der Waals surface area contributed by atoms with Gasteiger partial charge in [0.25, 0.3) is 0 Å². The first-order valence-electron chi connectivity index (χ1n) is 7.75. The number of morpholine rings is 1. The van der Waals surface area contributed by atoms with Crippen molar-refractivity contribution in [3.63, 3.8) is 0 Å². The van der Waals surface area contributed by atoms with Gasteiger partial charge < -0.3 is 10.1 Å². The lowest BCUT2D eigenvalue weighted by atomic mass is 10.2. The highest BCUT2D eigenvalue weighted by molar-refractivity contribution is 7.13. The summed E-state index contributed by atoms with van der Waals surface area (Å²) >= 11 is 1.64. The second kappa shape index (κ2) is 7.78. The van der Waals surface area contributed by atoms with Crippen LogP contribution in [-0.2, 0) is 11.3 Å². The van der Waals surface area contributed by atoms with Gasteiger partial charge in [-0.05, 0) is 18.7 Å². The van der Waals surface area contributed by atoms with Crippen LogP contribution in [0.3, 0.4) is 0 Å². The minimum Gasteiger partial charge on any atom is -0.374 e. The van der Waals surface area contributed by atoms with E-state index in [0.717, 1.165) is 55.7 Å². The zero-order valence-electron chi connectivity index (χ0n) is 12.9. The molecule has 1 saturated heterocycles. The summed E-state index contributed by atoms with van der Waals surface area (Å²) in [5.41, 5.74) is 2.00. The Labute approximate surface area is 135 Å². The maximum Gasteiger partial charge on any atom is 0.142 e. The van der Waals surface area contributed by atoms with Gasteiger partial charge in [-0.2, -0.15) is 0 Å². The molecule has 5 nitrogen and oxygen atoms in total. The number of nitrogens with zero attached hydrogens (tertiary/aromatic N) is 3. The maximum atomic E-state index is 5.79. The lowest BCUT2D eigenvalue weighted by molar-refractivity contribution is -0.0254. The third-order valence-electron chi connectivity index (χ3n) is 3.78. The molecule has 0 radical (unpaired) electrons. The van der Waals surface area contributed by atoms with Crippen molar-refractivity contribution in [1.29, 1.82) is 0 Å². The van der Waals surface area contributed by atoms with E-state index in [1.807, 2.05) is 18.2 Å². The van der Waals surface area contributed by atoms with Crippen molar-refractivity contribution in [3.05, 3.63) is 35.5 Å². The molecule has 22 heavy (non-hydrogen) atoms. The highest BCUT2D eigenvalue weighted by Crippen LogP contribution is 2.21. The summed E-state index contributed by atoms with van der Waals surface area (Å²) in [6.45, 7) is 7.83. The molecule has 3 heterocycles. The van der Waals surface area contributed by atoms with E-state index in [4.69, 9.17) is 4.74 Å². The molecule has 0 saturated carbocycles. The number of rotatable bonds is 6. The first-order valence-corrected chi connectivity index (χ1v) is 8.63. The van der Waals surface area contributed by atoms with Gasteiger partial charge >= 0.3 is 0 Å². The molecule has 1 aliphatic rings. The number of hydrogen-bond donors (Lipinski definition) is 1. The number of hydrogen-bond acceptors (Lipinski definition) is 6. The molecule has 1 aliphatic heterocycles. The van der Waals surface area contributed by atoms with Gasteiger partial charge in [0.05, 0.1) is 24.1 Å². The van der Waals surface area contributed by atoms with Crippen molar-refractivity contribution < 1.29 is 4.74 Å². The van der Waals surface area contributed by atoms with Gasteiger partial charge in [-0.1, -0.05) is 13.0 Å². The first-order chi connectivity index (χ1) is 10.8. The van der Waals surface area contributed by atoms with Crippen LogP contribution in [0.15, 0.2) is 29.8 Å². The second-order valence-electron chi connectivity index (χ2n) is 5.38. The van der Waals surface area contributed by atoms with E-state index in [9.17, 15) is 0 Å². The van der Waals surface area contributed by atoms with E-state index < -0.39 is 0 Å². The second-order valence-corrected chi connectivity index (χ2v) is 6.23. The molecule has 1 fully saturated rings. The van der Waals surface area contributed by atoms with E-state index in [-0.39, 0.29) is 6.10 Å². The molecular formula is C16H22N4OS. The third-order valence-corrected chi connectivity index (χ3v) is 4.70. The van der Waals surface area contributed by atoms with Crippen molar-refractivity contribution in [2.75, 3.05) is 32.8 Å². The number of aromatic nitrogens is 2. The molecule has 6 heteroatoms. The Kier molecular flexibility index (Phi) is 5.50. The summed E-state index contributed by atoms with van der Waals surface area (Å²) in [5.74, 6) is 0. The normalized spacial score (nSPS) is 19.4. The highest BCUT2D eigenvalue weighted by Gasteiger charge is 2.18. The summed E-state index contributed by atoms with van der Waals surface area (Å²) in [7, 11) is 0.